The maximum Gasteiger partial charge on any atom is 0.344 e. The summed E-state index contributed by atoms with van der Waals surface area (Å²) in [6.07, 6.45) is 12.4. The highest BCUT2D eigenvalue weighted by molar-refractivity contribution is 5.82. The van der Waals surface area contributed by atoms with Crippen LogP contribution < -0.4 is 10.4 Å². The highest BCUT2D eigenvalue weighted by Crippen LogP contribution is 2.25. The van der Waals surface area contributed by atoms with Crippen LogP contribution in [-0.2, 0) is 16.0 Å². The van der Waals surface area contributed by atoms with Gasteiger partial charge in [-0.2, -0.15) is 0 Å². The van der Waals surface area contributed by atoms with Crippen molar-refractivity contribution in [3.63, 3.8) is 0 Å². The monoisotopic (exact) mass is 476 g/mol. The molecule has 0 radical (unpaired) electrons. The standard InChI is InChI=1S/C30H36O5/c1-3-4-9-12-24-13-15-25(16-14-24)28-21-26-17-18-27(22-29(26)35-30(28)32)34-20-11-8-6-5-7-10-19-33-23(2)31/h5-6,13-18,21-22H,3-4,7-12,19-20H2,1-2H3/b6-5+. The van der Waals surface area contributed by atoms with Gasteiger partial charge in [-0.15, -0.1) is 0 Å². The van der Waals surface area contributed by atoms with E-state index in [1.807, 2.05) is 30.3 Å². The Balaban J connectivity index is 1.50. The molecular weight excluding hydrogens is 440 g/mol. The molecule has 0 N–H and O–H groups in total. The summed E-state index contributed by atoms with van der Waals surface area (Å²) in [7, 11) is 0. The van der Waals surface area contributed by atoms with Crippen molar-refractivity contribution in [3.8, 4) is 16.9 Å². The van der Waals surface area contributed by atoms with Gasteiger partial charge < -0.3 is 13.9 Å². The highest BCUT2D eigenvalue weighted by Gasteiger charge is 2.09. The molecule has 35 heavy (non-hydrogen) atoms. The van der Waals surface area contributed by atoms with E-state index in [9.17, 15) is 9.59 Å². The number of carbonyl (C=O) groups excluding carboxylic acids is 1. The number of benzene rings is 2. The van der Waals surface area contributed by atoms with E-state index in [0.717, 1.165) is 43.1 Å². The molecule has 0 bridgehead atoms. The fourth-order valence-electron chi connectivity index (χ4n) is 3.86. The summed E-state index contributed by atoms with van der Waals surface area (Å²) in [5.74, 6) is 0.456. The van der Waals surface area contributed by atoms with Crippen molar-refractivity contribution in [1.82, 2.24) is 0 Å². The van der Waals surface area contributed by atoms with Gasteiger partial charge in [0, 0.05) is 18.4 Å². The van der Waals surface area contributed by atoms with Gasteiger partial charge in [0.2, 0.25) is 0 Å². The molecule has 0 fully saturated rings. The Kier molecular flexibility index (Phi) is 10.6. The molecule has 0 amide bonds. The summed E-state index contributed by atoms with van der Waals surface area (Å²) in [6, 6.07) is 15.7. The third-order valence-electron chi connectivity index (χ3n) is 5.81. The second-order valence-corrected chi connectivity index (χ2v) is 8.75. The van der Waals surface area contributed by atoms with E-state index < -0.39 is 0 Å². The average Bonchev–Trinajstić information content (AvgIpc) is 2.85. The van der Waals surface area contributed by atoms with Gasteiger partial charge >= 0.3 is 11.6 Å². The van der Waals surface area contributed by atoms with Crippen molar-refractivity contribution >= 4 is 16.9 Å². The zero-order valence-corrected chi connectivity index (χ0v) is 20.9. The minimum Gasteiger partial charge on any atom is -0.493 e. The van der Waals surface area contributed by atoms with Crippen LogP contribution in [0.3, 0.4) is 0 Å². The fraction of sp³-hybridized carbons (Fsp3) is 0.400. The van der Waals surface area contributed by atoms with Crippen molar-refractivity contribution in [2.45, 2.75) is 65.2 Å². The van der Waals surface area contributed by atoms with Gasteiger partial charge in [-0.05, 0) is 67.9 Å². The maximum absolute atomic E-state index is 12.7. The molecule has 1 aromatic heterocycles. The van der Waals surface area contributed by atoms with E-state index in [-0.39, 0.29) is 11.6 Å². The van der Waals surface area contributed by atoms with Crippen LogP contribution in [0.4, 0.5) is 0 Å². The van der Waals surface area contributed by atoms with Crippen molar-refractivity contribution in [2.24, 2.45) is 0 Å². The lowest BCUT2D eigenvalue weighted by Crippen LogP contribution is -2.03. The molecule has 0 aliphatic heterocycles. The smallest absolute Gasteiger partial charge is 0.344 e. The molecule has 0 aliphatic rings. The third-order valence-corrected chi connectivity index (χ3v) is 5.81. The zero-order chi connectivity index (χ0) is 24.9. The Labute approximate surface area is 207 Å². The zero-order valence-electron chi connectivity index (χ0n) is 20.9. The van der Waals surface area contributed by atoms with Crippen LogP contribution in [0, 0.1) is 0 Å². The first-order valence-corrected chi connectivity index (χ1v) is 12.6. The van der Waals surface area contributed by atoms with Crippen LogP contribution in [0.1, 0.15) is 64.4 Å². The molecule has 0 spiro atoms. The van der Waals surface area contributed by atoms with E-state index in [1.54, 1.807) is 6.07 Å². The number of carbonyl (C=O) groups is 1. The van der Waals surface area contributed by atoms with Gasteiger partial charge in [-0.25, -0.2) is 4.79 Å². The summed E-state index contributed by atoms with van der Waals surface area (Å²) >= 11 is 0. The van der Waals surface area contributed by atoms with Crippen LogP contribution in [-0.4, -0.2) is 19.2 Å². The number of aryl methyl sites for hydroxylation is 1. The molecule has 0 unspecified atom stereocenters. The quantitative estimate of drug-likeness (QED) is 0.106. The number of fused-ring (bicyclic) bond motifs is 1. The second kappa shape index (κ2) is 14.1. The largest absolute Gasteiger partial charge is 0.493 e. The molecule has 0 aliphatic carbocycles. The summed E-state index contributed by atoms with van der Waals surface area (Å²) in [5, 5.41) is 0.871. The Bertz CT molecular complexity index is 1160. The number of unbranched alkanes of at least 4 members (excludes halogenated alkanes) is 4. The lowest BCUT2D eigenvalue weighted by molar-refractivity contribution is -0.141. The Morgan fingerprint density at radius 3 is 2.37 bits per heavy atom. The first kappa shape index (κ1) is 26.3. The van der Waals surface area contributed by atoms with Crippen LogP contribution in [0.2, 0.25) is 0 Å². The van der Waals surface area contributed by atoms with E-state index >= 15 is 0 Å². The van der Waals surface area contributed by atoms with Gasteiger partial charge in [-0.1, -0.05) is 56.2 Å². The molecule has 0 saturated heterocycles. The van der Waals surface area contributed by atoms with Crippen molar-refractivity contribution in [1.29, 1.82) is 0 Å². The molecule has 1 heterocycles. The highest BCUT2D eigenvalue weighted by atomic mass is 16.5. The second-order valence-electron chi connectivity index (χ2n) is 8.75. The minimum absolute atomic E-state index is 0.234. The summed E-state index contributed by atoms with van der Waals surface area (Å²) in [4.78, 5) is 23.4. The van der Waals surface area contributed by atoms with Crippen molar-refractivity contribution < 1.29 is 18.7 Å². The number of ether oxygens (including phenoxy) is 2. The molecule has 186 valence electrons. The lowest BCUT2D eigenvalue weighted by Gasteiger charge is -2.08. The first-order valence-electron chi connectivity index (χ1n) is 12.6. The first-order chi connectivity index (χ1) is 17.1. The van der Waals surface area contributed by atoms with Crippen LogP contribution >= 0.6 is 0 Å². The van der Waals surface area contributed by atoms with Gasteiger partial charge in [0.1, 0.15) is 11.3 Å². The number of allylic oxidation sites excluding steroid dienone is 2. The molecule has 5 nitrogen and oxygen atoms in total. The minimum atomic E-state index is -0.341. The van der Waals surface area contributed by atoms with Gasteiger partial charge in [0.05, 0.1) is 18.8 Å². The van der Waals surface area contributed by atoms with Crippen molar-refractivity contribution in [3.05, 3.63) is 76.7 Å². The molecular formula is C30H36O5. The average molecular weight is 477 g/mol. The molecule has 3 rings (SSSR count). The third kappa shape index (κ3) is 8.75. The lowest BCUT2D eigenvalue weighted by atomic mass is 10.0. The number of hydrogen-bond acceptors (Lipinski definition) is 5. The Morgan fingerprint density at radius 2 is 1.66 bits per heavy atom. The normalized spacial score (nSPS) is 11.3. The van der Waals surface area contributed by atoms with Gasteiger partial charge in [-0.3, -0.25) is 4.79 Å². The molecule has 5 heteroatoms. The Morgan fingerprint density at radius 1 is 0.914 bits per heavy atom. The van der Waals surface area contributed by atoms with E-state index in [4.69, 9.17) is 13.9 Å². The fourth-order valence-corrected chi connectivity index (χ4v) is 3.86. The van der Waals surface area contributed by atoms with E-state index in [2.05, 4.69) is 31.2 Å². The van der Waals surface area contributed by atoms with Crippen LogP contribution in [0.5, 0.6) is 5.75 Å². The predicted molar refractivity (Wildman–Crippen MR) is 141 cm³/mol. The molecule has 2 aromatic carbocycles. The predicted octanol–water partition coefficient (Wildman–Crippen LogP) is 7.25. The van der Waals surface area contributed by atoms with Crippen LogP contribution in [0.25, 0.3) is 22.1 Å². The van der Waals surface area contributed by atoms with Crippen molar-refractivity contribution in [2.75, 3.05) is 13.2 Å². The number of esters is 1. The van der Waals surface area contributed by atoms with Crippen LogP contribution in [0.15, 0.2) is 69.9 Å². The van der Waals surface area contributed by atoms with Gasteiger partial charge in [0.25, 0.3) is 0 Å². The van der Waals surface area contributed by atoms with E-state index in [0.29, 0.717) is 30.1 Å². The Hall–Kier alpha value is -3.34. The SMILES string of the molecule is CCCCCc1ccc(-c2cc3ccc(OCCC/C=C/CCCOC(C)=O)cc3oc2=O)cc1. The summed E-state index contributed by atoms with van der Waals surface area (Å²) in [6.45, 7) is 4.67. The summed E-state index contributed by atoms with van der Waals surface area (Å²) in [5.41, 5.74) is 2.93. The molecule has 3 aromatic rings. The summed E-state index contributed by atoms with van der Waals surface area (Å²) < 4.78 is 16.4. The number of rotatable bonds is 14. The molecule has 0 atom stereocenters. The maximum atomic E-state index is 12.7. The topological polar surface area (TPSA) is 65.7 Å². The molecule has 0 saturated carbocycles. The number of hydrogen-bond donors (Lipinski definition) is 0. The van der Waals surface area contributed by atoms with E-state index in [1.165, 1.54) is 31.7 Å². The van der Waals surface area contributed by atoms with Gasteiger partial charge in [0.15, 0.2) is 0 Å².